The van der Waals surface area contributed by atoms with Gasteiger partial charge in [0, 0.05) is 6.07 Å². The fourth-order valence-corrected chi connectivity index (χ4v) is 1.43. The molecule has 1 heterocycles. The van der Waals surface area contributed by atoms with Gasteiger partial charge in [-0.2, -0.15) is 0 Å². The van der Waals surface area contributed by atoms with Crippen LogP contribution in [0.1, 0.15) is 0 Å². The maximum Gasteiger partial charge on any atom is 0.194 e. The summed E-state index contributed by atoms with van der Waals surface area (Å²) in [6, 6.07) is 1.39. The van der Waals surface area contributed by atoms with E-state index in [-0.39, 0.29) is 26.7 Å². The Balaban J connectivity index is 3.28. The number of halogens is 2. The normalized spacial score (nSPS) is 13.0. The van der Waals surface area contributed by atoms with Gasteiger partial charge in [-0.3, -0.25) is 0 Å². The molecule has 0 saturated carbocycles. The molecule has 0 aliphatic heterocycles. The largest absolute Gasteiger partial charge is 0.629 e. The van der Waals surface area contributed by atoms with Crippen molar-refractivity contribution in [2.45, 2.75) is 0 Å². The van der Waals surface area contributed by atoms with E-state index in [0.29, 0.717) is 0 Å². The number of rotatable bonds is 1. The molecule has 0 aromatic carbocycles. The van der Waals surface area contributed by atoms with E-state index in [0.717, 1.165) is 0 Å². The molecule has 1 atom stereocenters. The highest BCUT2D eigenvalue weighted by Crippen LogP contribution is 2.25. The van der Waals surface area contributed by atoms with Crippen LogP contribution >= 0.6 is 23.2 Å². The van der Waals surface area contributed by atoms with Crippen LogP contribution in [0.2, 0.25) is 10.3 Å². The fourth-order valence-electron chi connectivity index (χ4n) is 0.850. The zero-order valence-corrected chi connectivity index (χ0v) is 7.78. The summed E-state index contributed by atoms with van der Waals surface area (Å²) in [4.78, 5) is 3.69. The Labute approximate surface area is 79.5 Å². The van der Waals surface area contributed by atoms with Crippen molar-refractivity contribution in [1.82, 2.24) is 4.98 Å². The third-order valence-corrected chi connectivity index (χ3v) is 1.79. The molecule has 1 unspecified atom stereocenters. The predicted molar refractivity (Wildman–Crippen MR) is 48.6 cm³/mol. The van der Waals surface area contributed by atoms with Gasteiger partial charge in [0.05, 0.1) is 7.05 Å². The smallest absolute Gasteiger partial charge is 0.194 e. The third-order valence-electron chi connectivity index (χ3n) is 1.33. The molecule has 0 saturated heterocycles. The number of hydroxylamine groups is 1. The van der Waals surface area contributed by atoms with E-state index < -0.39 is 0 Å². The first kappa shape index (κ1) is 9.54. The summed E-state index contributed by atoms with van der Waals surface area (Å²) in [7, 11) is 1.37. The summed E-state index contributed by atoms with van der Waals surface area (Å²) in [6.45, 7) is 0. The van der Waals surface area contributed by atoms with Crippen molar-refractivity contribution in [3.8, 4) is 0 Å². The van der Waals surface area contributed by atoms with Gasteiger partial charge in [-0.25, -0.2) is 4.98 Å². The SMILES string of the molecule is C[NH+]([O-])c1c(N)cc(Cl)nc1Cl. The molecule has 0 amide bonds. The second-order valence-electron chi connectivity index (χ2n) is 2.26. The zero-order chi connectivity index (χ0) is 9.30. The number of nitrogens with one attached hydrogen (secondary N) is 1. The summed E-state index contributed by atoms with van der Waals surface area (Å²) in [5.41, 5.74) is 5.97. The highest BCUT2D eigenvalue weighted by Gasteiger charge is 2.12. The van der Waals surface area contributed by atoms with Crippen LogP contribution in [0.4, 0.5) is 11.4 Å². The number of quaternary nitrogens is 1. The number of hydrogen-bond donors (Lipinski definition) is 2. The molecular weight excluding hydrogens is 201 g/mol. The summed E-state index contributed by atoms with van der Waals surface area (Å²) >= 11 is 11.2. The van der Waals surface area contributed by atoms with Crippen molar-refractivity contribution in [3.05, 3.63) is 21.6 Å². The van der Waals surface area contributed by atoms with Crippen LogP contribution in [-0.4, -0.2) is 12.0 Å². The van der Waals surface area contributed by atoms with E-state index in [4.69, 9.17) is 28.9 Å². The Bertz CT molecular complexity index is 280. The molecule has 1 aromatic rings. The number of hydrogen-bond acceptors (Lipinski definition) is 3. The van der Waals surface area contributed by atoms with Crippen molar-refractivity contribution >= 4 is 34.6 Å². The lowest BCUT2D eigenvalue weighted by Crippen LogP contribution is -2.98. The average molecular weight is 208 g/mol. The number of aromatic nitrogens is 1. The Hall–Kier alpha value is -0.550. The van der Waals surface area contributed by atoms with Gasteiger partial charge in [0.15, 0.2) is 10.8 Å². The van der Waals surface area contributed by atoms with Crippen LogP contribution in [0.15, 0.2) is 6.07 Å². The molecule has 4 nitrogen and oxygen atoms in total. The second kappa shape index (κ2) is 3.45. The molecule has 1 aromatic heterocycles. The van der Waals surface area contributed by atoms with Crippen LogP contribution < -0.4 is 10.8 Å². The number of nitrogen functional groups attached to an aromatic ring is 1. The van der Waals surface area contributed by atoms with Crippen molar-refractivity contribution < 1.29 is 5.06 Å². The van der Waals surface area contributed by atoms with Crippen LogP contribution in [0.25, 0.3) is 0 Å². The second-order valence-corrected chi connectivity index (χ2v) is 3.00. The molecule has 0 spiro atoms. The van der Waals surface area contributed by atoms with Crippen LogP contribution in [0.3, 0.4) is 0 Å². The molecule has 66 valence electrons. The van der Waals surface area contributed by atoms with Gasteiger partial charge in [-0.15, -0.1) is 0 Å². The predicted octanol–water partition coefficient (Wildman–Crippen LogP) is 0.615. The van der Waals surface area contributed by atoms with Crippen LogP contribution in [-0.2, 0) is 0 Å². The lowest BCUT2D eigenvalue weighted by atomic mass is 10.3. The lowest BCUT2D eigenvalue weighted by Gasteiger charge is -2.17. The summed E-state index contributed by atoms with van der Waals surface area (Å²) in [5.74, 6) is 0. The van der Waals surface area contributed by atoms with Crippen molar-refractivity contribution in [2.75, 3.05) is 12.8 Å². The fraction of sp³-hybridized carbons (Fsp3) is 0.167. The molecule has 0 bridgehead atoms. The van der Waals surface area contributed by atoms with Gasteiger partial charge in [0.2, 0.25) is 0 Å². The van der Waals surface area contributed by atoms with Gasteiger partial charge >= 0.3 is 0 Å². The molecule has 0 radical (unpaired) electrons. The van der Waals surface area contributed by atoms with Gasteiger partial charge in [0.25, 0.3) is 0 Å². The molecular formula is C6H7Cl2N3O. The van der Waals surface area contributed by atoms with Crippen LogP contribution in [0, 0.1) is 5.21 Å². The van der Waals surface area contributed by atoms with Gasteiger partial charge in [-0.1, -0.05) is 23.2 Å². The Morgan fingerprint density at radius 2 is 2.17 bits per heavy atom. The Morgan fingerprint density at radius 1 is 1.58 bits per heavy atom. The average Bonchev–Trinajstić information content (AvgIpc) is 1.82. The molecule has 6 heteroatoms. The standard InChI is InChI=1S/C6H7Cl2N3O/c1-11(12)5-3(9)2-4(7)10-6(5)8/h2,11H,1H3,(H2,9,10). The van der Waals surface area contributed by atoms with Crippen molar-refractivity contribution in [1.29, 1.82) is 0 Å². The maximum absolute atomic E-state index is 11.0. The Kier molecular flexibility index (Phi) is 2.74. The van der Waals surface area contributed by atoms with Gasteiger partial charge in [-0.05, 0) is 0 Å². The van der Waals surface area contributed by atoms with E-state index >= 15 is 0 Å². The monoisotopic (exact) mass is 207 g/mol. The molecule has 0 fully saturated rings. The van der Waals surface area contributed by atoms with Crippen LogP contribution in [0.5, 0.6) is 0 Å². The minimum atomic E-state index is -0.221. The van der Waals surface area contributed by atoms with E-state index in [2.05, 4.69) is 4.98 Å². The number of pyridine rings is 1. The minimum absolute atomic E-state index is 0.0486. The maximum atomic E-state index is 11.0. The molecule has 12 heavy (non-hydrogen) atoms. The van der Waals surface area contributed by atoms with Gasteiger partial charge in [0.1, 0.15) is 10.8 Å². The number of anilines is 1. The van der Waals surface area contributed by atoms with Gasteiger partial charge < -0.3 is 16.0 Å². The lowest BCUT2D eigenvalue weighted by molar-refractivity contribution is -0.750. The first-order chi connectivity index (χ1) is 5.52. The number of nitrogens with zero attached hydrogens (tertiary/aromatic N) is 1. The van der Waals surface area contributed by atoms with E-state index in [1.54, 1.807) is 0 Å². The highest BCUT2D eigenvalue weighted by atomic mass is 35.5. The summed E-state index contributed by atoms with van der Waals surface area (Å²) in [6.07, 6.45) is 0. The molecule has 0 aliphatic rings. The zero-order valence-electron chi connectivity index (χ0n) is 6.27. The van der Waals surface area contributed by atoms with Crippen molar-refractivity contribution in [2.24, 2.45) is 0 Å². The first-order valence-electron chi connectivity index (χ1n) is 3.15. The summed E-state index contributed by atoms with van der Waals surface area (Å²) < 4.78 is 0. The third kappa shape index (κ3) is 1.78. The molecule has 0 aliphatic carbocycles. The highest BCUT2D eigenvalue weighted by molar-refractivity contribution is 6.34. The quantitative estimate of drug-likeness (QED) is 0.525. The molecule has 1 rings (SSSR count). The van der Waals surface area contributed by atoms with E-state index in [9.17, 15) is 5.21 Å². The minimum Gasteiger partial charge on any atom is -0.629 e. The topological polar surface area (TPSA) is 66.4 Å². The van der Waals surface area contributed by atoms with E-state index in [1.807, 2.05) is 0 Å². The molecule has 3 N–H and O–H groups in total. The summed E-state index contributed by atoms with van der Waals surface area (Å²) in [5, 5.41) is 11.0. The number of nitrogens with two attached hydrogens (primary N) is 1. The Morgan fingerprint density at radius 3 is 2.58 bits per heavy atom. The first-order valence-corrected chi connectivity index (χ1v) is 3.90. The van der Waals surface area contributed by atoms with E-state index in [1.165, 1.54) is 13.1 Å². The van der Waals surface area contributed by atoms with Crippen molar-refractivity contribution in [3.63, 3.8) is 0 Å².